The minimum atomic E-state index is -4.50. The molecule has 2 heterocycles. The molecule has 166 valence electrons. The minimum Gasteiger partial charge on any atom is -0.382 e. The normalized spacial score (nSPS) is 18.0. The van der Waals surface area contributed by atoms with Gasteiger partial charge in [0.2, 0.25) is 5.95 Å². The first-order chi connectivity index (χ1) is 15.4. The topological polar surface area (TPSA) is 74.8 Å². The van der Waals surface area contributed by atoms with Crippen LogP contribution in [0.25, 0.3) is 0 Å². The van der Waals surface area contributed by atoms with Crippen molar-refractivity contribution in [3.63, 3.8) is 0 Å². The SMILES string of the molecule is FC(F)(F)c1cnc(Nc2ccc3c(c2)CC(Nc2ccncc2)CC3)nc1NC1CC1. The van der Waals surface area contributed by atoms with E-state index in [4.69, 9.17) is 0 Å². The van der Waals surface area contributed by atoms with Crippen LogP contribution in [0.3, 0.4) is 0 Å². The molecule has 0 bridgehead atoms. The van der Waals surface area contributed by atoms with Crippen LogP contribution in [-0.2, 0) is 19.0 Å². The van der Waals surface area contributed by atoms with Gasteiger partial charge < -0.3 is 16.0 Å². The fourth-order valence-corrected chi connectivity index (χ4v) is 3.95. The van der Waals surface area contributed by atoms with Gasteiger partial charge >= 0.3 is 6.18 Å². The Morgan fingerprint density at radius 2 is 1.69 bits per heavy atom. The van der Waals surface area contributed by atoms with Crippen LogP contribution >= 0.6 is 0 Å². The zero-order valence-corrected chi connectivity index (χ0v) is 17.3. The molecule has 0 aliphatic heterocycles. The Labute approximate surface area is 183 Å². The lowest BCUT2D eigenvalue weighted by molar-refractivity contribution is -0.137. The molecule has 9 heteroatoms. The summed E-state index contributed by atoms with van der Waals surface area (Å²) in [6.45, 7) is 0. The third-order valence-corrected chi connectivity index (χ3v) is 5.75. The Hall–Kier alpha value is -3.36. The molecule has 2 aromatic heterocycles. The molecular weight excluding hydrogens is 417 g/mol. The molecular formula is C23H23F3N6. The van der Waals surface area contributed by atoms with Gasteiger partial charge in [0.25, 0.3) is 0 Å². The zero-order chi connectivity index (χ0) is 22.1. The van der Waals surface area contributed by atoms with E-state index in [0.717, 1.165) is 49.7 Å². The summed E-state index contributed by atoms with van der Waals surface area (Å²) < 4.78 is 39.9. The summed E-state index contributed by atoms with van der Waals surface area (Å²) in [7, 11) is 0. The van der Waals surface area contributed by atoms with E-state index in [1.165, 1.54) is 11.1 Å². The molecule has 0 saturated heterocycles. The molecule has 3 aromatic rings. The summed E-state index contributed by atoms with van der Waals surface area (Å²) in [5.41, 5.74) is 3.44. The van der Waals surface area contributed by atoms with Crippen LogP contribution < -0.4 is 16.0 Å². The molecule has 5 rings (SSSR count). The number of benzene rings is 1. The highest BCUT2D eigenvalue weighted by Crippen LogP contribution is 2.36. The average molecular weight is 440 g/mol. The van der Waals surface area contributed by atoms with Gasteiger partial charge in [-0.05, 0) is 67.5 Å². The van der Waals surface area contributed by atoms with Crippen molar-refractivity contribution < 1.29 is 13.2 Å². The first-order valence-electron chi connectivity index (χ1n) is 10.7. The van der Waals surface area contributed by atoms with Gasteiger partial charge in [-0.3, -0.25) is 4.98 Å². The first-order valence-corrected chi connectivity index (χ1v) is 10.7. The lowest BCUT2D eigenvalue weighted by atomic mass is 9.88. The van der Waals surface area contributed by atoms with E-state index in [0.29, 0.717) is 6.04 Å². The van der Waals surface area contributed by atoms with Crippen LogP contribution in [0.2, 0.25) is 0 Å². The number of hydrogen-bond donors (Lipinski definition) is 3. The van der Waals surface area contributed by atoms with Gasteiger partial charge in [0.1, 0.15) is 11.4 Å². The molecule has 0 spiro atoms. The van der Waals surface area contributed by atoms with Gasteiger partial charge in [-0.15, -0.1) is 0 Å². The molecule has 0 amide bonds. The average Bonchev–Trinajstić information content (AvgIpc) is 3.58. The second kappa shape index (κ2) is 8.29. The van der Waals surface area contributed by atoms with Crippen molar-refractivity contribution in [3.05, 3.63) is 65.6 Å². The number of fused-ring (bicyclic) bond motifs is 1. The number of rotatable bonds is 6. The fraction of sp³-hybridized carbons (Fsp3) is 0.348. The van der Waals surface area contributed by atoms with Crippen LogP contribution in [0.15, 0.2) is 48.9 Å². The van der Waals surface area contributed by atoms with Crippen LogP contribution in [-0.4, -0.2) is 27.0 Å². The molecule has 1 unspecified atom stereocenters. The zero-order valence-electron chi connectivity index (χ0n) is 17.3. The van der Waals surface area contributed by atoms with Gasteiger partial charge in [-0.1, -0.05) is 6.07 Å². The number of halogens is 3. The van der Waals surface area contributed by atoms with Crippen molar-refractivity contribution in [2.45, 2.75) is 50.4 Å². The third-order valence-electron chi connectivity index (χ3n) is 5.75. The molecule has 1 atom stereocenters. The van der Waals surface area contributed by atoms with Crippen molar-refractivity contribution >= 4 is 23.1 Å². The van der Waals surface area contributed by atoms with Gasteiger partial charge in [0.15, 0.2) is 0 Å². The standard InChI is InChI=1S/C23H23F3N6/c24-23(25,26)20-13-28-22(32-21(20)30-16-5-6-16)31-19-4-2-14-1-3-18(11-15(14)12-19)29-17-7-9-27-10-8-17/h2,4,7-10,12-13,16,18H,1,3,5-6,11H2,(H,27,29)(H2,28,30,31,32). The predicted molar refractivity (Wildman–Crippen MR) is 117 cm³/mol. The van der Waals surface area contributed by atoms with Crippen molar-refractivity contribution in [2.75, 3.05) is 16.0 Å². The second-order valence-electron chi connectivity index (χ2n) is 8.30. The van der Waals surface area contributed by atoms with E-state index in [2.05, 4.69) is 37.0 Å². The first kappa shape index (κ1) is 20.5. The summed E-state index contributed by atoms with van der Waals surface area (Å²) in [5, 5.41) is 9.49. The minimum absolute atomic E-state index is 0.0485. The number of anilines is 4. The monoisotopic (exact) mass is 440 g/mol. The lowest BCUT2D eigenvalue weighted by Crippen LogP contribution is -2.27. The predicted octanol–water partition coefficient (Wildman–Crippen LogP) is 5.18. The van der Waals surface area contributed by atoms with E-state index in [9.17, 15) is 13.2 Å². The number of alkyl halides is 3. The summed E-state index contributed by atoms with van der Waals surface area (Å²) in [4.78, 5) is 12.1. The Kier molecular flexibility index (Phi) is 5.32. The third kappa shape index (κ3) is 4.76. The highest BCUT2D eigenvalue weighted by molar-refractivity contribution is 5.59. The number of hydrogen-bond acceptors (Lipinski definition) is 6. The molecule has 6 nitrogen and oxygen atoms in total. The molecule has 2 aliphatic carbocycles. The lowest BCUT2D eigenvalue weighted by Gasteiger charge is -2.27. The number of pyridine rings is 1. The fourth-order valence-electron chi connectivity index (χ4n) is 3.95. The van der Waals surface area contributed by atoms with Gasteiger partial charge in [0.05, 0.1) is 0 Å². The largest absolute Gasteiger partial charge is 0.421 e. The second-order valence-corrected chi connectivity index (χ2v) is 8.30. The Morgan fingerprint density at radius 3 is 2.44 bits per heavy atom. The smallest absolute Gasteiger partial charge is 0.382 e. The summed E-state index contributed by atoms with van der Waals surface area (Å²) in [6, 6.07) is 10.3. The van der Waals surface area contributed by atoms with E-state index in [-0.39, 0.29) is 17.8 Å². The van der Waals surface area contributed by atoms with Crippen LogP contribution in [0.4, 0.5) is 36.3 Å². The van der Waals surface area contributed by atoms with Crippen molar-refractivity contribution in [2.24, 2.45) is 0 Å². The van der Waals surface area contributed by atoms with Gasteiger partial charge in [-0.25, -0.2) is 4.98 Å². The quantitative estimate of drug-likeness (QED) is 0.491. The number of nitrogens with one attached hydrogen (secondary N) is 3. The van der Waals surface area contributed by atoms with Crippen LogP contribution in [0.1, 0.15) is 36.0 Å². The molecule has 0 radical (unpaired) electrons. The maximum absolute atomic E-state index is 13.3. The molecule has 2 aliphatic rings. The van der Waals surface area contributed by atoms with E-state index < -0.39 is 11.7 Å². The Bertz CT molecular complexity index is 1100. The van der Waals surface area contributed by atoms with E-state index >= 15 is 0 Å². The summed E-state index contributed by atoms with van der Waals surface area (Å²) >= 11 is 0. The van der Waals surface area contributed by atoms with E-state index in [1.807, 2.05) is 24.3 Å². The van der Waals surface area contributed by atoms with Gasteiger partial charge in [-0.2, -0.15) is 18.2 Å². The van der Waals surface area contributed by atoms with Crippen LogP contribution in [0, 0.1) is 0 Å². The Balaban J connectivity index is 1.33. The Morgan fingerprint density at radius 1 is 0.875 bits per heavy atom. The van der Waals surface area contributed by atoms with Crippen molar-refractivity contribution in [3.8, 4) is 0 Å². The van der Waals surface area contributed by atoms with Gasteiger partial charge in [0, 0.05) is 42.0 Å². The highest BCUT2D eigenvalue weighted by Gasteiger charge is 2.37. The number of nitrogens with zero attached hydrogens (tertiary/aromatic N) is 3. The van der Waals surface area contributed by atoms with Crippen LogP contribution in [0.5, 0.6) is 0 Å². The highest BCUT2D eigenvalue weighted by atomic mass is 19.4. The summed E-state index contributed by atoms with van der Waals surface area (Å²) in [5.74, 6) is -0.0274. The van der Waals surface area contributed by atoms with Crippen molar-refractivity contribution in [1.82, 2.24) is 15.0 Å². The maximum atomic E-state index is 13.3. The number of aromatic nitrogens is 3. The molecule has 32 heavy (non-hydrogen) atoms. The molecule has 3 N–H and O–H groups in total. The summed E-state index contributed by atoms with van der Waals surface area (Å²) in [6.07, 6.45) is 4.41. The maximum Gasteiger partial charge on any atom is 0.421 e. The molecule has 1 aromatic carbocycles. The molecule has 1 fully saturated rings. The van der Waals surface area contributed by atoms with Crippen molar-refractivity contribution in [1.29, 1.82) is 0 Å². The van der Waals surface area contributed by atoms with E-state index in [1.54, 1.807) is 12.4 Å². The number of aryl methyl sites for hydroxylation is 1. The molecule has 1 saturated carbocycles.